The van der Waals surface area contributed by atoms with Gasteiger partial charge in [0, 0.05) is 25.4 Å². The molecule has 4 rings (SSSR count). The maximum absolute atomic E-state index is 12.5. The molecule has 1 amide bonds. The number of hydrogen-bond acceptors (Lipinski definition) is 6. The van der Waals surface area contributed by atoms with E-state index in [1.165, 1.54) is 0 Å². The van der Waals surface area contributed by atoms with E-state index in [2.05, 4.69) is 10.1 Å². The number of rotatable bonds is 7. The third-order valence-electron chi connectivity index (χ3n) is 4.97. The standard InChI is InChI=1S/C22H23N3O4/c1-3-28-19-7-5-4-6-18(19)22-23-21(24-29-22)16-12-20(26)25(14-16)13-15-8-10-17(27-2)11-9-15/h4-11,16H,3,12-14H2,1-2H3. The summed E-state index contributed by atoms with van der Waals surface area (Å²) in [7, 11) is 1.63. The molecule has 1 atom stereocenters. The molecular weight excluding hydrogens is 370 g/mol. The van der Waals surface area contributed by atoms with Crippen molar-refractivity contribution in [1.82, 2.24) is 15.0 Å². The number of carbonyl (C=O) groups excluding carboxylic acids is 1. The van der Waals surface area contributed by atoms with Gasteiger partial charge in [-0.1, -0.05) is 29.4 Å². The van der Waals surface area contributed by atoms with Crippen molar-refractivity contribution in [3.8, 4) is 23.0 Å². The van der Waals surface area contributed by atoms with Gasteiger partial charge in [-0.15, -0.1) is 0 Å². The second-order valence-electron chi connectivity index (χ2n) is 6.91. The van der Waals surface area contributed by atoms with E-state index in [4.69, 9.17) is 14.0 Å². The largest absolute Gasteiger partial charge is 0.497 e. The first kappa shape index (κ1) is 19.0. The van der Waals surface area contributed by atoms with Crippen LogP contribution in [0.1, 0.15) is 30.7 Å². The summed E-state index contributed by atoms with van der Waals surface area (Å²) in [6, 6.07) is 15.3. The number of nitrogens with zero attached hydrogens (tertiary/aromatic N) is 3. The highest BCUT2D eigenvalue weighted by Crippen LogP contribution is 2.32. The molecular formula is C22H23N3O4. The Morgan fingerprint density at radius 1 is 1.17 bits per heavy atom. The Bertz CT molecular complexity index is 984. The number of likely N-dealkylation sites (tertiary alicyclic amines) is 1. The van der Waals surface area contributed by atoms with Gasteiger partial charge in [-0.05, 0) is 36.8 Å². The molecule has 2 heterocycles. The first-order valence-corrected chi connectivity index (χ1v) is 9.64. The van der Waals surface area contributed by atoms with Crippen LogP contribution in [0.4, 0.5) is 0 Å². The SMILES string of the molecule is CCOc1ccccc1-c1nc(C2CC(=O)N(Cc3ccc(OC)cc3)C2)no1. The minimum atomic E-state index is -0.0856. The molecule has 2 aromatic carbocycles. The number of aromatic nitrogens is 2. The van der Waals surface area contributed by atoms with Crippen LogP contribution in [0.2, 0.25) is 0 Å². The number of benzene rings is 2. The molecule has 0 bridgehead atoms. The highest BCUT2D eigenvalue weighted by atomic mass is 16.5. The lowest BCUT2D eigenvalue weighted by atomic mass is 10.1. The Kier molecular flexibility index (Phi) is 5.46. The fourth-order valence-corrected chi connectivity index (χ4v) is 3.48. The molecule has 1 aliphatic rings. The van der Waals surface area contributed by atoms with Gasteiger partial charge in [0.05, 0.1) is 19.3 Å². The van der Waals surface area contributed by atoms with Crippen LogP contribution < -0.4 is 9.47 Å². The number of amides is 1. The molecule has 1 unspecified atom stereocenters. The molecule has 0 radical (unpaired) electrons. The van der Waals surface area contributed by atoms with E-state index in [9.17, 15) is 4.79 Å². The van der Waals surface area contributed by atoms with Gasteiger partial charge in [0.25, 0.3) is 5.89 Å². The highest BCUT2D eigenvalue weighted by Gasteiger charge is 2.34. The van der Waals surface area contributed by atoms with E-state index >= 15 is 0 Å². The van der Waals surface area contributed by atoms with Crippen LogP contribution in [0.3, 0.4) is 0 Å². The van der Waals surface area contributed by atoms with Crippen LogP contribution in [0, 0.1) is 0 Å². The third kappa shape index (κ3) is 4.08. The van der Waals surface area contributed by atoms with E-state index in [1.807, 2.05) is 60.4 Å². The Morgan fingerprint density at radius 2 is 1.97 bits per heavy atom. The Labute approximate surface area is 169 Å². The minimum Gasteiger partial charge on any atom is -0.497 e. The predicted octanol–water partition coefficient (Wildman–Crippen LogP) is 3.66. The van der Waals surface area contributed by atoms with Gasteiger partial charge in [0.2, 0.25) is 5.91 Å². The van der Waals surface area contributed by atoms with E-state index in [0.29, 0.717) is 43.6 Å². The summed E-state index contributed by atoms with van der Waals surface area (Å²) in [4.78, 5) is 18.9. The van der Waals surface area contributed by atoms with E-state index < -0.39 is 0 Å². The molecule has 7 nitrogen and oxygen atoms in total. The Balaban J connectivity index is 1.47. The highest BCUT2D eigenvalue weighted by molar-refractivity contribution is 5.79. The van der Waals surface area contributed by atoms with Crippen molar-refractivity contribution < 1.29 is 18.8 Å². The van der Waals surface area contributed by atoms with E-state index in [-0.39, 0.29) is 11.8 Å². The van der Waals surface area contributed by atoms with Crippen LogP contribution in [-0.2, 0) is 11.3 Å². The zero-order valence-corrected chi connectivity index (χ0v) is 16.5. The molecule has 0 N–H and O–H groups in total. The van der Waals surface area contributed by atoms with Crippen molar-refractivity contribution in [2.75, 3.05) is 20.3 Å². The van der Waals surface area contributed by atoms with Crippen LogP contribution in [0.25, 0.3) is 11.5 Å². The summed E-state index contributed by atoms with van der Waals surface area (Å²) in [6.45, 7) is 3.60. The Hall–Kier alpha value is -3.35. The monoisotopic (exact) mass is 393 g/mol. The molecule has 1 fully saturated rings. The quantitative estimate of drug-likeness (QED) is 0.610. The van der Waals surface area contributed by atoms with E-state index in [0.717, 1.165) is 16.9 Å². The molecule has 1 saturated heterocycles. The topological polar surface area (TPSA) is 77.7 Å². The summed E-state index contributed by atoms with van der Waals surface area (Å²) in [6.07, 6.45) is 0.377. The molecule has 7 heteroatoms. The lowest BCUT2D eigenvalue weighted by molar-refractivity contribution is -0.128. The van der Waals surface area contributed by atoms with E-state index in [1.54, 1.807) is 7.11 Å². The smallest absolute Gasteiger partial charge is 0.261 e. The average molecular weight is 393 g/mol. The van der Waals surface area contributed by atoms with Crippen LogP contribution in [-0.4, -0.2) is 41.2 Å². The van der Waals surface area contributed by atoms with Gasteiger partial charge < -0.3 is 18.9 Å². The lowest BCUT2D eigenvalue weighted by Crippen LogP contribution is -2.24. The summed E-state index contributed by atoms with van der Waals surface area (Å²) >= 11 is 0. The van der Waals surface area contributed by atoms with Gasteiger partial charge in [0.15, 0.2) is 5.82 Å². The Morgan fingerprint density at radius 3 is 2.72 bits per heavy atom. The van der Waals surface area contributed by atoms with Crippen molar-refractivity contribution in [3.05, 3.63) is 59.9 Å². The molecule has 0 saturated carbocycles. The minimum absolute atomic E-state index is 0.0856. The van der Waals surface area contributed by atoms with Crippen molar-refractivity contribution in [1.29, 1.82) is 0 Å². The first-order chi connectivity index (χ1) is 14.2. The fraction of sp³-hybridized carbons (Fsp3) is 0.318. The van der Waals surface area contributed by atoms with Crippen LogP contribution in [0.15, 0.2) is 53.1 Å². The number of carbonyl (C=O) groups is 1. The van der Waals surface area contributed by atoms with Crippen molar-refractivity contribution in [2.45, 2.75) is 25.8 Å². The number of ether oxygens (including phenoxy) is 2. The molecule has 0 spiro atoms. The molecule has 0 aliphatic carbocycles. The van der Waals surface area contributed by atoms with Gasteiger partial charge in [-0.25, -0.2) is 0 Å². The second-order valence-corrected chi connectivity index (χ2v) is 6.91. The fourth-order valence-electron chi connectivity index (χ4n) is 3.48. The normalized spacial score (nSPS) is 16.3. The summed E-state index contributed by atoms with van der Waals surface area (Å²) in [5, 5.41) is 4.14. The van der Waals surface area contributed by atoms with Gasteiger partial charge in [-0.3, -0.25) is 4.79 Å². The first-order valence-electron chi connectivity index (χ1n) is 9.64. The van der Waals surface area contributed by atoms with Gasteiger partial charge in [-0.2, -0.15) is 4.98 Å². The number of methoxy groups -OCH3 is 1. The molecule has 3 aromatic rings. The molecule has 29 heavy (non-hydrogen) atoms. The molecule has 1 aromatic heterocycles. The van der Waals surface area contributed by atoms with Crippen molar-refractivity contribution >= 4 is 5.91 Å². The second kappa shape index (κ2) is 8.34. The number of hydrogen-bond donors (Lipinski definition) is 0. The van der Waals surface area contributed by atoms with Crippen molar-refractivity contribution in [3.63, 3.8) is 0 Å². The predicted molar refractivity (Wildman–Crippen MR) is 107 cm³/mol. The van der Waals surface area contributed by atoms with Gasteiger partial charge >= 0.3 is 0 Å². The van der Waals surface area contributed by atoms with Crippen LogP contribution in [0.5, 0.6) is 11.5 Å². The maximum Gasteiger partial charge on any atom is 0.261 e. The maximum atomic E-state index is 12.5. The molecule has 1 aliphatic heterocycles. The van der Waals surface area contributed by atoms with Crippen molar-refractivity contribution in [2.24, 2.45) is 0 Å². The average Bonchev–Trinajstić information content (AvgIpc) is 3.37. The zero-order chi connectivity index (χ0) is 20.2. The summed E-state index contributed by atoms with van der Waals surface area (Å²) < 4.78 is 16.3. The zero-order valence-electron chi connectivity index (χ0n) is 16.5. The third-order valence-corrected chi connectivity index (χ3v) is 4.97. The lowest BCUT2D eigenvalue weighted by Gasteiger charge is -2.16. The van der Waals surface area contributed by atoms with Crippen LogP contribution >= 0.6 is 0 Å². The summed E-state index contributed by atoms with van der Waals surface area (Å²) in [5.41, 5.74) is 1.81. The van der Waals surface area contributed by atoms with Gasteiger partial charge in [0.1, 0.15) is 11.5 Å². The molecule has 150 valence electrons. The summed E-state index contributed by atoms with van der Waals surface area (Å²) in [5.74, 6) is 2.46. The number of para-hydroxylation sites is 1.